The van der Waals surface area contributed by atoms with Crippen LogP contribution in [0.15, 0.2) is 42.6 Å². The number of hydrogen-bond acceptors (Lipinski definition) is 3. The number of nitrogens with zero attached hydrogens (tertiary/aromatic N) is 2. The van der Waals surface area contributed by atoms with Gasteiger partial charge in [0.15, 0.2) is 0 Å². The standard InChI is InChI=1S/C14H14FN3O/c1-18(9-11-4-2-3-7-17-11)14(19)10-5-6-12(15)13(16)8-10/h2-8H,9,16H2,1H3. The minimum absolute atomic E-state index is 0.0305. The van der Waals surface area contributed by atoms with E-state index in [9.17, 15) is 9.18 Å². The average Bonchev–Trinajstić information content (AvgIpc) is 2.42. The van der Waals surface area contributed by atoms with Crippen LogP contribution in [0.3, 0.4) is 0 Å². The lowest BCUT2D eigenvalue weighted by Gasteiger charge is -2.17. The Hall–Kier alpha value is -2.43. The van der Waals surface area contributed by atoms with Crippen molar-refractivity contribution in [3.63, 3.8) is 0 Å². The highest BCUT2D eigenvalue weighted by Crippen LogP contribution is 2.14. The fourth-order valence-electron chi connectivity index (χ4n) is 1.70. The van der Waals surface area contributed by atoms with Gasteiger partial charge >= 0.3 is 0 Å². The Morgan fingerprint density at radius 1 is 1.37 bits per heavy atom. The van der Waals surface area contributed by atoms with E-state index in [1.165, 1.54) is 23.1 Å². The molecule has 98 valence electrons. The lowest BCUT2D eigenvalue weighted by atomic mass is 10.1. The van der Waals surface area contributed by atoms with Crippen molar-refractivity contribution in [3.05, 3.63) is 59.7 Å². The van der Waals surface area contributed by atoms with E-state index in [0.717, 1.165) is 5.69 Å². The molecule has 0 aliphatic heterocycles. The predicted octanol–water partition coefficient (Wildman–Crippen LogP) is 2.08. The largest absolute Gasteiger partial charge is 0.396 e. The van der Waals surface area contributed by atoms with Crippen molar-refractivity contribution < 1.29 is 9.18 Å². The Bertz CT molecular complexity index is 586. The van der Waals surface area contributed by atoms with Gasteiger partial charge in [-0.2, -0.15) is 0 Å². The van der Waals surface area contributed by atoms with Gasteiger partial charge in [-0.15, -0.1) is 0 Å². The van der Waals surface area contributed by atoms with Gasteiger partial charge in [-0.1, -0.05) is 6.07 Å². The van der Waals surface area contributed by atoms with Crippen molar-refractivity contribution in [2.45, 2.75) is 6.54 Å². The molecular weight excluding hydrogens is 245 g/mol. The number of carbonyl (C=O) groups excluding carboxylic acids is 1. The number of carbonyl (C=O) groups is 1. The Labute approximate surface area is 110 Å². The molecule has 19 heavy (non-hydrogen) atoms. The molecule has 4 nitrogen and oxygen atoms in total. The zero-order valence-electron chi connectivity index (χ0n) is 10.5. The van der Waals surface area contributed by atoms with Crippen LogP contribution in [0.1, 0.15) is 16.1 Å². The molecule has 2 aromatic rings. The van der Waals surface area contributed by atoms with E-state index in [-0.39, 0.29) is 11.6 Å². The molecule has 0 fully saturated rings. The van der Waals surface area contributed by atoms with Crippen molar-refractivity contribution in [1.82, 2.24) is 9.88 Å². The lowest BCUT2D eigenvalue weighted by Crippen LogP contribution is -2.26. The maximum atomic E-state index is 13.1. The smallest absolute Gasteiger partial charge is 0.254 e. The summed E-state index contributed by atoms with van der Waals surface area (Å²) in [7, 11) is 1.66. The van der Waals surface area contributed by atoms with Crippen molar-refractivity contribution in [2.75, 3.05) is 12.8 Å². The molecule has 0 spiro atoms. The Balaban J connectivity index is 2.12. The topological polar surface area (TPSA) is 59.2 Å². The van der Waals surface area contributed by atoms with Crippen LogP contribution in [0.4, 0.5) is 10.1 Å². The van der Waals surface area contributed by atoms with Crippen LogP contribution in [0.5, 0.6) is 0 Å². The molecule has 0 atom stereocenters. The molecule has 1 aromatic heterocycles. The molecule has 0 aliphatic carbocycles. The second-order valence-corrected chi connectivity index (χ2v) is 4.22. The molecule has 1 amide bonds. The summed E-state index contributed by atoms with van der Waals surface area (Å²) in [5.41, 5.74) is 6.57. The van der Waals surface area contributed by atoms with Gasteiger partial charge in [0.1, 0.15) is 5.82 Å². The first-order valence-electron chi connectivity index (χ1n) is 5.78. The maximum absolute atomic E-state index is 13.1. The zero-order valence-corrected chi connectivity index (χ0v) is 10.5. The van der Waals surface area contributed by atoms with Crippen LogP contribution in [-0.4, -0.2) is 22.8 Å². The highest BCUT2D eigenvalue weighted by molar-refractivity contribution is 5.94. The summed E-state index contributed by atoms with van der Waals surface area (Å²) in [6.07, 6.45) is 1.67. The first kappa shape index (κ1) is 13.0. The van der Waals surface area contributed by atoms with Gasteiger partial charge in [-0.05, 0) is 30.3 Å². The Morgan fingerprint density at radius 2 is 2.16 bits per heavy atom. The van der Waals surface area contributed by atoms with Crippen molar-refractivity contribution >= 4 is 11.6 Å². The first-order chi connectivity index (χ1) is 9.08. The molecule has 2 rings (SSSR count). The summed E-state index contributed by atoms with van der Waals surface area (Å²) < 4.78 is 13.1. The van der Waals surface area contributed by atoms with E-state index < -0.39 is 5.82 Å². The lowest BCUT2D eigenvalue weighted by molar-refractivity contribution is 0.0783. The summed E-state index contributed by atoms with van der Waals surface area (Å²) in [6, 6.07) is 9.46. The van der Waals surface area contributed by atoms with E-state index in [4.69, 9.17) is 5.73 Å². The minimum atomic E-state index is -0.524. The number of hydrogen-bond donors (Lipinski definition) is 1. The number of rotatable bonds is 3. The maximum Gasteiger partial charge on any atom is 0.254 e. The number of benzene rings is 1. The van der Waals surface area contributed by atoms with Gasteiger partial charge in [0.05, 0.1) is 17.9 Å². The molecule has 1 aromatic carbocycles. The third-order valence-corrected chi connectivity index (χ3v) is 2.71. The molecule has 0 radical (unpaired) electrons. The second-order valence-electron chi connectivity index (χ2n) is 4.22. The summed E-state index contributed by atoms with van der Waals surface area (Å²) >= 11 is 0. The summed E-state index contributed by atoms with van der Waals surface area (Å²) in [6.45, 7) is 0.386. The fraction of sp³-hybridized carbons (Fsp3) is 0.143. The van der Waals surface area contributed by atoms with Gasteiger partial charge < -0.3 is 10.6 Å². The van der Waals surface area contributed by atoms with Crippen molar-refractivity contribution in [1.29, 1.82) is 0 Å². The van der Waals surface area contributed by atoms with Crippen LogP contribution in [0.2, 0.25) is 0 Å². The van der Waals surface area contributed by atoms with Crippen LogP contribution >= 0.6 is 0 Å². The third kappa shape index (κ3) is 3.07. The summed E-state index contributed by atoms with van der Waals surface area (Å²) in [5.74, 6) is -0.749. The number of nitrogens with two attached hydrogens (primary N) is 1. The van der Waals surface area contributed by atoms with E-state index in [0.29, 0.717) is 12.1 Å². The number of nitrogen functional groups attached to an aromatic ring is 1. The highest BCUT2D eigenvalue weighted by Gasteiger charge is 2.13. The van der Waals surface area contributed by atoms with Crippen LogP contribution in [-0.2, 0) is 6.54 Å². The normalized spacial score (nSPS) is 10.2. The Morgan fingerprint density at radius 3 is 2.79 bits per heavy atom. The van der Waals surface area contributed by atoms with E-state index >= 15 is 0 Å². The molecule has 5 heteroatoms. The summed E-state index contributed by atoms with van der Waals surface area (Å²) in [4.78, 5) is 17.8. The van der Waals surface area contributed by atoms with E-state index in [2.05, 4.69) is 4.98 Å². The highest BCUT2D eigenvalue weighted by atomic mass is 19.1. The molecule has 2 N–H and O–H groups in total. The van der Waals surface area contributed by atoms with Crippen molar-refractivity contribution in [2.24, 2.45) is 0 Å². The van der Waals surface area contributed by atoms with Crippen LogP contribution < -0.4 is 5.73 Å². The third-order valence-electron chi connectivity index (χ3n) is 2.71. The van der Waals surface area contributed by atoms with E-state index in [1.54, 1.807) is 13.2 Å². The van der Waals surface area contributed by atoms with Gasteiger partial charge in [0, 0.05) is 18.8 Å². The van der Waals surface area contributed by atoms with Gasteiger partial charge in [0.25, 0.3) is 5.91 Å². The predicted molar refractivity (Wildman–Crippen MR) is 70.8 cm³/mol. The van der Waals surface area contributed by atoms with Crippen LogP contribution in [0, 0.1) is 5.82 Å². The summed E-state index contributed by atoms with van der Waals surface area (Å²) in [5, 5.41) is 0. The Kier molecular flexibility index (Phi) is 3.75. The minimum Gasteiger partial charge on any atom is -0.396 e. The molecule has 0 unspecified atom stereocenters. The first-order valence-corrected chi connectivity index (χ1v) is 5.78. The number of anilines is 1. The number of amides is 1. The van der Waals surface area contributed by atoms with E-state index in [1.807, 2.05) is 18.2 Å². The van der Waals surface area contributed by atoms with Crippen molar-refractivity contribution in [3.8, 4) is 0 Å². The van der Waals surface area contributed by atoms with Gasteiger partial charge in [-0.25, -0.2) is 4.39 Å². The molecule has 0 saturated carbocycles. The zero-order chi connectivity index (χ0) is 13.8. The number of halogens is 1. The molecule has 0 saturated heterocycles. The number of pyridine rings is 1. The molecule has 1 heterocycles. The van der Waals surface area contributed by atoms with Gasteiger partial charge in [-0.3, -0.25) is 9.78 Å². The molecule has 0 bridgehead atoms. The monoisotopic (exact) mass is 259 g/mol. The van der Waals surface area contributed by atoms with Crippen LogP contribution in [0.25, 0.3) is 0 Å². The average molecular weight is 259 g/mol. The quantitative estimate of drug-likeness (QED) is 0.858. The number of aromatic nitrogens is 1. The molecular formula is C14H14FN3O. The fourth-order valence-corrected chi connectivity index (χ4v) is 1.70. The SMILES string of the molecule is CN(Cc1ccccn1)C(=O)c1ccc(F)c(N)c1. The molecule has 0 aliphatic rings. The second kappa shape index (κ2) is 5.48. The van der Waals surface area contributed by atoms with Gasteiger partial charge in [0.2, 0.25) is 0 Å².